The largest absolute Gasteiger partial charge is 0.317 e. The summed E-state index contributed by atoms with van der Waals surface area (Å²) in [4.78, 5) is 4.42. The van der Waals surface area contributed by atoms with Gasteiger partial charge in [0.1, 0.15) is 5.82 Å². The van der Waals surface area contributed by atoms with Gasteiger partial charge in [0, 0.05) is 18.2 Å². The molecule has 0 amide bonds. The summed E-state index contributed by atoms with van der Waals surface area (Å²) >= 11 is 3.35. The standard InChI is InChI=1S/C10H19N3S2/c1-4-9-12-10(15-13-9)14-7-5-6-8(2)11-3/h8,11H,4-7H2,1-3H3. The van der Waals surface area contributed by atoms with Crippen LogP contribution in [-0.2, 0) is 6.42 Å². The molecule has 0 bridgehead atoms. The van der Waals surface area contributed by atoms with Crippen molar-refractivity contribution in [3.8, 4) is 0 Å². The number of nitrogens with one attached hydrogen (secondary N) is 1. The molecule has 15 heavy (non-hydrogen) atoms. The lowest BCUT2D eigenvalue weighted by Crippen LogP contribution is -2.20. The normalized spacial score (nSPS) is 13.0. The van der Waals surface area contributed by atoms with Crippen molar-refractivity contribution >= 4 is 23.3 Å². The predicted molar refractivity (Wildman–Crippen MR) is 67.8 cm³/mol. The van der Waals surface area contributed by atoms with Gasteiger partial charge in [-0.15, -0.1) is 0 Å². The van der Waals surface area contributed by atoms with Crippen LogP contribution < -0.4 is 5.32 Å². The van der Waals surface area contributed by atoms with Gasteiger partial charge in [-0.1, -0.05) is 18.7 Å². The van der Waals surface area contributed by atoms with Gasteiger partial charge < -0.3 is 5.32 Å². The van der Waals surface area contributed by atoms with E-state index in [2.05, 4.69) is 28.5 Å². The first-order valence-corrected chi connectivity index (χ1v) is 7.14. The molecular formula is C10H19N3S2. The van der Waals surface area contributed by atoms with Crippen molar-refractivity contribution in [1.82, 2.24) is 14.7 Å². The maximum atomic E-state index is 4.42. The summed E-state index contributed by atoms with van der Waals surface area (Å²) in [5, 5.41) is 3.24. The van der Waals surface area contributed by atoms with Crippen molar-refractivity contribution in [2.45, 2.75) is 43.5 Å². The first-order chi connectivity index (χ1) is 7.26. The van der Waals surface area contributed by atoms with Crippen molar-refractivity contribution in [1.29, 1.82) is 0 Å². The van der Waals surface area contributed by atoms with Crippen LogP contribution in [0, 0.1) is 0 Å². The van der Waals surface area contributed by atoms with Crippen LogP contribution in [0.5, 0.6) is 0 Å². The molecule has 1 rings (SSSR count). The fraction of sp³-hybridized carbons (Fsp3) is 0.800. The summed E-state index contributed by atoms with van der Waals surface area (Å²) < 4.78 is 5.38. The summed E-state index contributed by atoms with van der Waals surface area (Å²) in [7, 11) is 2.01. The Morgan fingerprint density at radius 2 is 2.33 bits per heavy atom. The van der Waals surface area contributed by atoms with Crippen molar-refractivity contribution in [3.63, 3.8) is 0 Å². The van der Waals surface area contributed by atoms with E-state index in [9.17, 15) is 0 Å². The van der Waals surface area contributed by atoms with E-state index >= 15 is 0 Å². The highest BCUT2D eigenvalue weighted by Crippen LogP contribution is 2.21. The second-order valence-electron chi connectivity index (χ2n) is 3.51. The molecule has 0 fully saturated rings. The zero-order chi connectivity index (χ0) is 11.1. The molecule has 1 N–H and O–H groups in total. The maximum Gasteiger partial charge on any atom is 0.170 e. The molecule has 0 radical (unpaired) electrons. The van der Waals surface area contributed by atoms with Crippen LogP contribution in [-0.4, -0.2) is 28.2 Å². The van der Waals surface area contributed by atoms with Gasteiger partial charge in [0.25, 0.3) is 0 Å². The van der Waals surface area contributed by atoms with E-state index in [0.29, 0.717) is 6.04 Å². The Labute approximate surface area is 100 Å². The Hall–Kier alpha value is -0.130. The predicted octanol–water partition coefficient (Wildman–Crippen LogP) is 2.58. The number of aromatic nitrogens is 2. The number of hydrogen-bond acceptors (Lipinski definition) is 5. The quantitative estimate of drug-likeness (QED) is 0.592. The van der Waals surface area contributed by atoms with Gasteiger partial charge in [-0.05, 0) is 38.3 Å². The highest BCUT2D eigenvalue weighted by Gasteiger charge is 2.03. The molecule has 0 aliphatic carbocycles. The average molecular weight is 245 g/mol. The van der Waals surface area contributed by atoms with E-state index in [0.717, 1.165) is 22.3 Å². The highest BCUT2D eigenvalue weighted by molar-refractivity contribution is 8.00. The minimum Gasteiger partial charge on any atom is -0.317 e. The molecule has 3 nitrogen and oxygen atoms in total. The van der Waals surface area contributed by atoms with Crippen LogP contribution in [0.1, 0.15) is 32.5 Å². The Morgan fingerprint density at radius 3 is 2.93 bits per heavy atom. The Balaban J connectivity index is 2.14. The highest BCUT2D eigenvalue weighted by atomic mass is 32.2. The molecule has 86 valence electrons. The van der Waals surface area contributed by atoms with E-state index in [1.807, 2.05) is 18.8 Å². The average Bonchev–Trinajstić information content (AvgIpc) is 2.72. The number of aryl methyl sites for hydroxylation is 1. The topological polar surface area (TPSA) is 37.8 Å². The zero-order valence-corrected chi connectivity index (χ0v) is 11.2. The lowest BCUT2D eigenvalue weighted by atomic mass is 10.2. The summed E-state index contributed by atoms with van der Waals surface area (Å²) in [5.74, 6) is 2.12. The molecule has 0 aliphatic heterocycles. The maximum absolute atomic E-state index is 4.42. The van der Waals surface area contributed by atoms with E-state index in [-0.39, 0.29) is 0 Å². The third-order valence-electron chi connectivity index (χ3n) is 2.27. The third kappa shape index (κ3) is 4.95. The molecule has 0 aliphatic rings. The smallest absolute Gasteiger partial charge is 0.170 e. The first-order valence-electron chi connectivity index (χ1n) is 5.39. The van der Waals surface area contributed by atoms with Gasteiger partial charge >= 0.3 is 0 Å². The van der Waals surface area contributed by atoms with Gasteiger partial charge in [-0.25, -0.2) is 4.98 Å². The van der Waals surface area contributed by atoms with Crippen LogP contribution in [0.4, 0.5) is 0 Å². The summed E-state index contributed by atoms with van der Waals surface area (Å²) in [6, 6.07) is 0.617. The van der Waals surface area contributed by atoms with Crippen LogP contribution >= 0.6 is 23.3 Å². The second kappa shape index (κ2) is 7.19. The molecule has 0 spiro atoms. The van der Waals surface area contributed by atoms with Crippen molar-refractivity contribution in [3.05, 3.63) is 5.82 Å². The summed E-state index contributed by atoms with van der Waals surface area (Å²) in [6.45, 7) is 4.30. The SMILES string of the molecule is CCc1nsc(SCCCC(C)NC)n1. The zero-order valence-electron chi connectivity index (χ0n) is 9.62. The minimum absolute atomic E-state index is 0.617. The summed E-state index contributed by atoms with van der Waals surface area (Å²) in [6.07, 6.45) is 3.39. The fourth-order valence-electron chi connectivity index (χ4n) is 1.13. The molecule has 5 heteroatoms. The minimum atomic E-state index is 0.617. The number of thioether (sulfide) groups is 1. The lowest BCUT2D eigenvalue weighted by molar-refractivity contribution is 0.559. The molecule has 1 aromatic rings. The third-order valence-corrected chi connectivity index (χ3v) is 4.22. The molecule has 1 heterocycles. The Morgan fingerprint density at radius 1 is 1.53 bits per heavy atom. The summed E-state index contributed by atoms with van der Waals surface area (Å²) in [5.41, 5.74) is 0. The van der Waals surface area contributed by atoms with Gasteiger partial charge in [0.05, 0.1) is 0 Å². The molecule has 1 aromatic heterocycles. The Bertz CT molecular complexity index is 275. The van der Waals surface area contributed by atoms with Gasteiger partial charge in [-0.3, -0.25) is 0 Å². The van der Waals surface area contributed by atoms with Crippen molar-refractivity contribution in [2.24, 2.45) is 0 Å². The van der Waals surface area contributed by atoms with Crippen LogP contribution in [0.25, 0.3) is 0 Å². The second-order valence-corrected chi connectivity index (χ2v) is 5.60. The number of hydrogen-bond donors (Lipinski definition) is 1. The molecule has 1 unspecified atom stereocenters. The first kappa shape index (κ1) is 12.9. The van der Waals surface area contributed by atoms with Gasteiger partial charge in [0.2, 0.25) is 0 Å². The van der Waals surface area contributed by atoms with Crippen molar-refractivity contribution in [2.75, 3.05) is 12.8 Å². The molecule has 0 saturated heterocycles. The van der Waals surface area contributed by atoms with E-state index < -0.39 is 0 Å². The van der Waals surface area contributed by atoms with Crippen molar-refractivity contribution < 1.29 is 0 Å². The lowest BCUT2D eigenvalue weighted by Gasteiger charge is -2.07. The van der Waals surface area contributed by atoms with Crippen LogP contribution in [0.2, 0.25) is 0 Å². The Kier molecular flexibility index (Phi) is 6.20. The molecule has 0 aromatic carbocycles. The number of nitrogens with zero attached hydrogens (tertiary/aromatic N) is 2. The van der Waals surface area contributed by atoms with E-state index in [4.69, 9.17) is 0 Å². The van der Waals surface area contributed by atoms with E-state index in [1.54, 1.807) is 0 Å². The fourth-order valence-corrected chi connectivity index (χ4v) is 2.86. The van der Waals surface area contributed by atoms with Crippen LogP contribution in [0.15, 0.2) is 4.34 Å². The molecule has 1 atom stereocenters. The molecule has 0 saturated carbocycles. The number of rotatable bonds is 7. The molecular weight excluding hydrogens is 226 g/mol. The van der Waals surface area contributed by atoms with Gasteiger partial charge in [-0.2, -0.15) is 4.37 Å². The van der Waals surface area contributed by atoms with Crippen LogP contribution in [0.3, 0.4) is 0 Å². The van der Waals surface area contributed by atoms with E-state index in [1.165, 1.54) is 24.4 Å². The van der Waals surface area contributed by atoms with Gasteiger partial charge in [0.15, 0.2) is 4.34 Å². The monoisotopic (exact) mass is 245 g/mol.